The summed E-state index contributed by atoms with van der Waals surface area (Å²) in [6.07, 6.45) is 0.406. The zero-order valence-corrected chi connectivity index (χ0v) is 8.79. The number of rotatable bonds is 4. The van der Waals surface area contributed by atoms with Gasteiger partial charge in [-0.05, 0) is 30.7 Å². The van der Waals surface area contributed by atoms with Crippen LogP contribution < -0.4 is 0 Å². The molecule has 76 valence electrons. The molecule has 0 saturated carbocycles. The summed E-state index contributed by atoms with van der Waals surface area (Å²) in [5.41, 5.74) is 0.510. The van der Waals surface area contributed by atoms with E-state index in [1.807, 2.05) is 6.92 Å². The lowest BCUT2D eigenvalue weighted by Crippen LogP contribution is -2.19. The van der Waals surface area contributed by atoms with E-state index in [-0.39, 0.29) is 5.78 Å². The van der Waals surface area contributed by atoms with Crippen LogP contribution in [-0.4, -0.2) is 17.0 Å². The Morgan fingerprint density at radius 1 is 1.43 bits per heavy atom. The number of hydrogen-bond donors (Lipinski definition) is 1. The molecule has 0 spiro atoms. The van der Waals surface area contributed by atoms with Crippen molar-refractivity contribution in [2.24, 2.45) is 0 Å². The summed E-state index contributed by atoms with van der Waals surface area (Å²) >= 11 is 5.68. The molecule has 0 aromatic heterocycles. The van der Waals surface area contributed by atoms with Crippen LogP contribution in [0.4, 0.5) is 0 Å². The Balaban J connectivity index is 2.74. The molecule has 0 radical (unpaired) electrons. The molecule has 0 fully saturated rings. The first kappa shape index (κ1) is 11.2. The van der Waals surface area contributed by atoms with Gasteiger partial charge in [-0.2, -0.15) is 0 Å². The van der Waals surface area contributed by atoms with Gasteiger partial charge >= 0.3 is 0 Å². The summed E-state index contributed by atoms with van der Waals surface area (Å²) in [4.78, 5) is 11.6. The van der Waals surface area contributed by atoms with Crippen molar-refractivity contribution in [3.63, 3.8) is 0 Å². The predicted octanol–water partition coefficient (Wildman–Crippen LogP) is 2.68. The molecule has 1 atom stereocenters. The minimum absolute atomic E-state index is 0.233. The van der Waals surface area contributed by atoms with Gasteiger partial charge in [0.05, 0.1) is 0 Å². The highest BCUT2D eigenvalue weighted by Gasteiger charge is 2.15. The molecule has 1 aromatic carbocycles. The monoisotopic (exact) mass is 212 g/mol. The van der Waals surface area contributed by atoms with Crippen molar-refractivity contribution in [3.05, 3.63) is 34.9 Å². The second-order valence-electron chi connectivity index (χ2n) is 3.18. The third kappa shape index (κ3) is 2.82. The summed E-state index contributed by atoms with van der Waals surface area (Å²) in [5, 5.41) is 10.0. The highest BCUT2D eigenvalue weighted by atomic mass is 35.5. The first-order valence-electron chi connectivity index (χ1n) is 4.63. The molecular formula is C11H13ClO2. The second kappa shape index (κ2) is 5.13. The smallest absolute Gasteiger partial charge is 0.191 e. The number of carbonyl (C=O) groups excluding carboxylic acids is 1. The minimum Gasteiger partial charge on any atom is -0.385 e. The lowest BCUT2D eigenvalue weighted by atomic mass is 10.0. The quantitative estimate of drug-likeness (QED) is 0.780. The lowest BCUT2D eigenvalue weighted by molar-refractivity contribution is 0.0729. The standard InChI is InChI=1S/C11H13ClO2/c1-2-3-10(13)11(14)8-4-6-9(12)7-5-8/h4-7,10,13H,2-3H2,1H3. The van der Waals surface area contributed by atoms with Crippen molar-refractivity contribution in [2.45, 2.75) is 25.9 Å². The number of ketones is 1. The van der Waals surface area contributed by atoms with Gasteiger partial charge in [-0.15, -0.1) is 0 Å². The van der Waals surface area contributed by atoms with Crippen molar-refractivity contribution in [2.75, 3.05) is 0 Å². The lowest BCUT2D eigenvalue weighted by Gasteiger charge is -2.07. The van der Waals surface area contributed by atoms with Crippen LogP contribution in [0.25, 0.3) is 0 Å². The van der Waals surface area contributed by atoms with Crippen LogP contribution >= 0.6 is 11.6 Å². The largest absolute Gasteiger partial charge is 0.385 e. The van der Waals surface area contributed by atoms with Crippen LogP contribution in [0.15, 0.2) is 24.3 Å². The van der Waals surface area contributed by atoms with E-state index in [9.17, 15) is 9.90 Å². The summed E-state index contributed by atoms with van der Waals surface area (Å²) in [6.45, 7) is 1.93. The third-order valence-electron chi connectivity index (χ3n) is 1.99. The molecule has 0 amide bonds. The Morgan fingerprint density at radius 3 is 2.50 bits per heavy atom. The molecule has 0 aliphatic heterocycles. The maximum absolute atomic E-state index is 11.6. The molecule has 3 heteroatoms. The van der Waals surface area contributed by atoms with Crippen LogP contribution in [0.3, 0.4) is 0 Å². The van der Waals surface area contributed by atoms with Crippen LogP contribution in [0, 0.1) is 0 Å². The van der Waals surface area contributed by atoms with Gasteiger partial charge in [0.1, 0.15) is 6.10 Å². The minimum atomic E-state index is -0.888. The van der Waals surface area contributed by atoms with Crippen LogP contribution in [0.1, 0.15) is 30.1 Å². The molecule has 2 nitrogen and oxygen atoms in total. The van der Waals surface area contributed by atoms with Crippen LogP contribution in [0.2, 0.25) is 5.02 Å². The molecule has 1 N–H and O–H groups in total. The maximum Gasteiger partial charge on any atom is 0.191 e. The second-order valence-corrected chi connectivity index (χ2v) is 3.61. The van der Waals surface area contributed by atoms with Gasteiger partial charge in [0.25, 0.3) is 0 Å². The van der Waals surface area contributed by atoms with Crippen molar-refractivity contribution < 1.29 is 9.90 Å². The van der Waals surface area contributed by atoms with E-state index in [1.165, 1.54) is 0 Å². The van der Waals surface area contributed by atoms with Gasteiger partial charge in [0, 0.05) is 10.6 Å². The summed E-state index contributed by atoms with van der Waals surface area (Å²) in [6, 6.07) is 6.55. The average molecular weight is 213 g/mol. The van der Waals surface area contributed by atoms with E-state index >= 15 is 0 Å². The topological polar surface area (TPSA) is 37.3 Å². The molecule has 0 bridgehead atoms. The summed E-state index contributed by atoms with van der Waals surface area (Å²) in [5.74, 6) is -0.233. The highest BCUT2D eigenvalue weighted by Crippen LogP contribution is 2.12. The first-order valence-corrected chi connectivity index (χ1v) is 5.00. The predicted molar refractivity (Wildman–Crippen MR) is 56.7 cm³/mol. The fourth-order valence-electron chi connectivity index (χ4n) is 1.21. The fourth-order valence-corrected chi connectivity index (χ4v) is 1.34. The van der Waals surface area contributed by atoms with Crippen molar-refractivity contribution in [1.82, 2.24) is 0 Å². The molecule has 0 heterocycles. The van der Waals surface area contributed by atoms with E-state index in [2.05, 4.69) is 0 Å². The van der Waals surface area contributed by atoms with E-state index in [0.29, 0.717) is 17.0 Å². The zero-order chi connectivity index (χ0) is 10.6. The van der Waals surface area contributed by atoms with Gasteiger partial charge in [-0.25, -0.2) is 0 Å². The Hall–Kier alpha value is -0.860. The average Bonchev–Trinajstić information content (AvgIpc) is 2.18. The highest BCUT2D eigenvalue weighted by molar-refractivity contribution is 6.30. The van der Waals surface area contributed by atoms with Crippen molar-refractivity contribution in [1.29, 1.82) is 0 Å². The van der Waals surface area contributed by atoms with Gasteiger partial charge in [-0.3, -0.25) is 4.79 Å². The number of hydrogen-bond acceptors (Lipinski definition) is 2. The normalized spacial score (nSPS) is 12.5. The van der Waals surface area contributed by atoms with E-state index in [4.69, 9.17) is 11.6 Å². The number of halogens is 1. The van der Waals surface area contributed by atoms with E-state index in [0.717, 1.165) is 6.42 Å². The summed E-state index contributed by atoms with van der Waals surface area (Å²) < 4.78 is 0. The van der Waals surface area contributed by atoms with Crippen LogP contribution in [0.5, 0.6) is 0 Å². The Morgan fingerprint density at radius 2 is 2.00 bits per heavy atom. The number of aliphatic hydroxyl groups excluding tert-OH is 1. The van der Waals surface area contributed by atoms with Gasteiger partial charge in [0.2, 0.25) is 0 Å². The van der Waals surface area contributed by atoms with E-state index in [1.54, 1.807) is 24.3 Å². The van der Waals surface area contributed by atoms with E-state index < -0.39 is 6.10 Å². The molecule has 1 aromatic rings. The number of carbonyl (C=O) groups is 1. The Kier molecular flexibility index (Phi) is 4.11. The van der Waals surface area contributed by atoms with Crippen molar-refractivity contribution >= 4 is 17.4 Å². The molecule has 0 aliphatic carbocycles. The number of Topliss-reactive ketones (excluding diaryl/α,β-unsaturated/α-hetero) is 1. The first-order chi connectivity index (χ1) is 6.65. The van der Waals surface area contributed by atoms with Gasteiger partial charge < -0.3 is 5.11 Å². The molecular weight excluding hydrogens is 200 g/mol. The Bertz CT molecular complexity index is 306. The molecule has 1 rings (SSSR count). The van der Waals surface area contributed by atoms with Crippen molar-refractivity contribution in [3.8, 4) is 0 Å². The third-order valence-corrected chi connectivity index (χ3v) is 2.25. The summed E-state index contributed by atoms with van der Waals surface area (Å²) in [7, 11) is 0. The maximum atomic E-state index is 11.6. The molecule has 0 aliphatic rings. The SMILES string of the molecule is CCCC(O)C(=O)c1ccc(Cl)cc1. The molecule has 0 saturated heterocycles. The molecule has 1 unspecified atom stereocenters. The molecule has 14 heavy (non-hydrogen) atoms. The fraction of sp³-hybridized carbons (Fsp3) is 0.364. The Labute approximate surface area is 88.5 Å². The number of benzene rings is 1. The zero-order valence-electron chi connectivity index (χ0n) is 8.03. The van der Waals surface area contributed by atoms with Gasteiger partial charge in [-0.1, -0.05) is 24.9 Å². The number of aliphatic hydroxyl groups is 1. The van der Waals surface area contributed by atoms with Gasteiger partial charge in [0.15, 0.2) is 5.78 Å². The van der Waals surface area contributed by atoms with Crippen LogP contribution in [-0.2, 0) is 0 Å².